The molecule has 0 spiro atoms. The number of carbonyl (C=O) groups is 1. The van der Waals surface area contributed by atoms with Crippen LogP contribution in [0.5, 0.6) is 11.5 Å². The maximum atomic E-state index is 13.2. The average molecular weight is 405 g/mol. The number of likely N-dealkylation sites (N-methyl/N-ethyl adjacent to an activating group) is 1. The van der Waals surface area contributed by atoms with Gasteiger partial charge in [-0.25, -0.2) is 0 Å². The Morgan fingerprint density at radius 1 is 0.800 bits per heavy atom. The van der Waals surface area contributed by atoms with Crippen molar-refractivity contribution in [3.8, 4) is 11.5 Å². The zero-order valence-electron chi connectivity index (χ0n) is 17.0. The van der Waals surface area contributed by atoms with Gasteiger partial charge in [0.2, 0.25) is 5.72 Å². The molecule has 1 aliphatic heterocycles. The summed E-state index contributed by atoms with van der Waals surface area (Å²) < 4.78 is 10.7. The Morgan fingerprint density at radius 2 is 1.37 bits per heavy atom. The van der Waals surface area contributed by atoms with Gasteiger partial charge >= 0.3 is 0 Å². The van der Waals surface area contributed by atoms with Crippen molar-refractivity contribution < 1.29 is 24.5 Å². The van der Waals surface area contributed by atoms with Crippen LogP contribution in [0, 0.1) is 0 Å². The Bertz CT molecular complexity index is 1110. The van der Waals surface area contributed by atoms with Crippen LogP contribution >= 0.6 is 0 Å². The standard InChI is InChI=1S/C24H23NO5/c1-25-22(26)20-12-4-5-13-21(20)23(27,16-8-6-10-18(14-16)29-2)24(25,28)17-9-7-11-19(15-17)30-3/h4-15,27-28H,1-3H3. The van der Waals surface area contributed by atoms with Crippen molar-refractivity contribution in [3.05, 3.63) is 95.1 Å². The van der Waals surface area contributed by atoms with Gasteiger partial charge in [0.25, 0.3) is 5.91 Å². The number of rotatable bonds is 4. The molecule has 0 saturated carbocycles. The molecule has 6 nitrogen and oxygen atoms in total. The van der Waals surface area contributed by atoms with Gasteiger partial charge in [-0.15, -0.1) is 0 Å². The van der Waals surface area contributed by atoms with Gasteiger partial charge in [-0.1, -0.05) is 42.5 Å². The minimum atomic E-state index is -2.11. The van der Waals surface area contributed by atoms with E-state index >= 15 is 0 Å². The van der Waals surface area contributed by atoms with Crippen LogP contribution in [-0.2, 0) is 11.3 Å². The van der Waals surface area contributed by atoms with Crippen molar-refractivity contribution in [1.29, 1.82) is 0 Å². The molecule has 154 valence electrons. The van der Waals surface area contributed by atoms with Crippen LogP contribution in [0.25, 0.3) is 0 Å². The van der Waals surface area contributed by atoms with E-state index < -0.39 is 17.2 Å². The Morgan fingerprint density at radius 3 is 2.00 bits per heavy atom. The topological polar surface area (TPSA) is 79.2 Å². The maximum absolute atomic E-state index is 13.2. The van der Waals surface area contributed by atoms with Gasteiger partial charge in [-0.2, -0.15) is 0 Å². The highest BCUT2D eigenvalue weighted by Gasteiger charge is 2.61. The number of ether oxygens (including phenoxy) is 2. The molecule has 4 rings (SSSR count). The van der Waals surface area contributed by atoms with Crippen molar-refractivity contribution >= 4 is 5.91 Å². The summed E-state index contributed by atoms with van der Waals surface area (Å²) in [6.07, 6.45) is 0. The second-order valence-corrected chi connectivity index (χ2v) is 7.26. The van der Waals surface area contributed by atoms with E-state index in [1.165, 1.54) is 26.2 Å². The molecule has 1 heterocycles. The predicted molar refractivity (Wildman–Crippen MR) is 111 cm³/mol. The van der Waals surface area contributed by atoms with E-state index in [1.54, 1.807) is 72.8 Å². The molecular weight excluding hydrogens is 382 g/mol. The van der Waals surface area contributed by atoms with Crippen molar-refractivity contribution in [1.82, 2.24) is 4.90 Å². The van der Waals surface area contributed by atoms with E-state index in [0.29, 0.717) is 33.8 Å². The summed E-state index contributed by atoms with van der Waals surface area (Å²) in [6.45, 7) is 0. The smallest absolute Gasteiger partial charge is 0.256 e. The van der Waals surface area contributed by atoms with E-state index in [1.807, 2.05) is 0 Å². The quantitative estimate of drug-likeness (QED) is 0.698. The highest BCUT2D eigenvalue weighted by atomic mass is 16.5. The third kappa shape index (κ3) is 2.61. The highest BCUT2D eigenvalue weighted by molar-refractivity contribution is 5.98. The molecule has 0 bridgehead atoms. The maximum Gasteiger partial charge on any atom is 0.256 e. The molecule has 1 aliphatic rings. The second kappa shape index (κ2) is 7.16. The molecule has 0 saturated heterocycles. The molecule has 0 fully saturated rings. The first-order valence-electron chi connectivity index (χ1n) is 9.49. The van der Waals surface area contributed by atoms with Crippen LogP contribution in [0.2, 0.25) is 0 Å². The van der Waals surface area contributed by atoms with Gasteiger partial charge in [0.1, 0.15) is 11.5 Å². The van der Waals surface area contributed by atoms with E-state index in [2.05, 4.69) is 0 Å². The second-order valence-electron chi connectivity index (χ2n) is 7.26. The first-order chi connectivity index (χ1) is 14.4. The first kappa shape index (κ1) is 19.9. The summed E-state index contributed by atoms with van der Waals surface area (Å²) in [5.74, 6) is 0.614. The SMILES string of the molecule is COc1cccc(C2(O)c3ccccc3C(=O)N(C)C2(O)c2cccc(OC)c2)c1. The van der Waals surface area contributed by atoms with Crippen LogP contribution in [-0.4, -0.2) is 42.3 Å². The molecular formula is C24H23NO5. The lowest BCUT2D eigenvalue weighted by molar-refractivity contribution is -0.213. The van der Waals surface area contributed by atoms with E-state index in [0.717, 1.165) is 0 Å². The molecule has 0 aliphatic carbocycles. The summed E-state index contributed by atoms with van der Waals surface area (Å²) >= 11 is 0. The normalized spacial score (nSPS) is 23.1. The van der Waals surface area contributed by atoms with Crippen molar-refractivity contribution in [2.45, 2.75) is 11.3 Å². The first-order valence-corrected chi connectivity index (χ1v) is 9.49. The fraction of sp³-hybridized carbons (Fsp3) is 0.208. The Labute approximate surface area is 174 Å². The van der Waals surface area contributed by atoms with E-state index in [-0.39, 0.29) is 0 Å². The molecule has 2 atom stereocenters. The zero-order valence-corrected chi connectivity index (χ0v) is 17.0. The van der Waals surface area contributed by atoms with Crippen LogP contribution in [0.1, 0.15) is 27.0 Å². The molecule has 0 radical (unpaired) electrons. The van der Waals surface area contributed by atoms with Crippen molar-refractivity contribution in [2.75, 3.05) is 21.3 Å². The fourth-order valence-electron chi connectivity index (χ4n) is 4.19. The van der Waals surface area contributed by atoms with Gasteiger partial charge in [0, 0.05) is 23.7 Å². The van der Waals surface area contributed by atoms with E-state index in [4.69, 9.17) is 9.47 Å². The van der Waals surface area contributed by atoms with Gasteiger partial charge in [-0.3, -0.25) is 4.79 Å². The van der Waals surface area contributed by atoms with Crippen LogP contribution < -0.4 is 9.47 Å². The summed E-state index contributed by atoms with van der Waals surface area (Å²) in [5, 5.41) is 24.4. The lowest BCUT2D eigenvalue weighted by Crippen LogP contribution is -2.64. The molecule has 3 aromatic carbocycles. The summed E-state index contributed by atoms with van der Waals surface area (Å²) in [5.41, 5.74) is -2.76. The van der Waals surface area contributed by atoms with Gasteiger partial charge < -0.3 is 24.6 Å². The third-order valence-electron chi connectivity index (χ3n) is 5.80. The number of amides is 1. The minimum absolute atomic E-state index is 0.312. The van der Waals surface area contributed by atoms with Gasteiger partial charge in [0.15, 0.2) is 5.60 Å². The van der Waals surface area contributed by atoms with Crippen molar-refractivity contribution in [2.24, 2.45) is 0 Å². The largest absolute Gasteiger partial charge is 0.497 e. The molecule has 2 N–H and O–H groups in total. The zero-order chi connectivity index (χ0) is 21.5. The molecule has 3 aromatic rings. The molecule has 30 heavy (non-hydrogen) atoms. The highest BCUT2D eigenvalue weighted by Crippen LogP contribution is 2.52. The van der Waals surface area contributed by atoms with Gasteiger partial charge in [0.05, 0.1) is 14.2 Å². The number of carbonyl (C=O) groups excluding carboxylic acids is 1. The van der Waals surface area contributed by atoms with Gasteiger partial charge in [-0.05, 0) is 35.9 Å². The summed E-state index contributed by atoms with van der Waals surface area (Å²) in [4.78, 5) is 14.4. The lowest BCUT2D eigenvalue weighted by Gasteiger charge is -2.52. The average Bonchev–Trinajstić information content (AvgIpc) is 2.81. The van der Waals surface area contributed by atoms with Crippen molar-refractivity contribution in [3.63, 3.8) is 0 Å². The van der Waals surface area contributed by atoms with E-state index in [9.17, 15) is 15.0 Å². The van der Waals surface area contributed by atoms with Crippen LogP contribution in [0.15, 0.2) is 72.8 Å². The Kier molecular flexibility index (Phi) is 4.76. The molecule has 2 unspecified atom stereocenters. The Hall–Kier alpha value is -3.35. The van der Waals surface area contributed by atoms with Crippen LogP contribution in [0.3, 0.4) is 0 Å². The molecule has 0 aromatic heterocycles. The monoisotopic (exact) mass is 405 g/mol. The number of benzene rings is 3. The fourth-order valence-corrected chi connectivity index (χ4v) is 4.19. The number of fused-ring (bicyclic) bond motifs is 1. The number of nitrogens with zero attached hydrogens (tertiary/aromatic N) is 1. The third-order valence-corrected chi connectivity index (χ3v) is 5.80. The molecule has 1 amide bonds. The molecule has 6 heteroatoms. The Balaban J connectivity index is 2.09. The van der Waals surface area contributed by atoms with Crippen LogP contribution in [0.4, 0.5) is 0 Å². The number of hydrogen-bond donors (Lipinski definition) is 2. The number of methoxy groups -OCH3 is 2. The lowest BCUT2D eigenvalue weighted by atomic mass is 9.69. The summed E-state index contributed by atoms with van der Waals surface area (Å²) in [6, 6.07) is 20.3. The number of aliphatic hydroxyl groups is 2. The predicted octanol–water partition coefficient (Wildman–Crippen LogP) is 2.87. The summed E-state index contributed by atoms with van der Waals surface area (Å²) in [7, 11) is 4.52. The number of hydrogen-bond acceptors (Lipinski definition) is 5. The minimum Gasteiger partial charge on any atom is -0.497 e.